The number of aliphatic hydroxyl groups excluding tert-OH is 6. The molecule has 0 aromatic carbocycles. The minimum atomic E-state index is -1.65. The monoisotopic (exact) mass is 340 g/mol. The van der Waals surface area contributed by atoms with E-state index in [0.717, 1.165) is 0 Å². The van der Waals surface area contributed by atoms with Gasteiger partial charge in [0.05, 0.1) is 0 Å². The Hall–Kier alpha value is -0.440. The van der Waals surface area contributed by atoms with Crippen molar-refractivity contribution >= 4 is 0 Å². The van der Waals surface area contributed by atoms with E-state index < -0.39 is 61.4 Å². The summed E-state index contributed by atoms with van der Waals surface area (Å²) in [5.74, 6) is 0. The SMILES string of the molecule is NCC1OC(O)C(O)[C@@H](O)[C@@H]1O[C@@H]1OC(CN)[C@H](O)[C@H](O)C1O. The summed E-state index contributed by atoms with van der Waals surface area (Å²) >= 11 is 0. The summed E-state index contributed by atoms with van der Waals surface area (Å²) in [6.07, 6.45) is -14.1. The van der Waals surface area contributed by atoms with E-state index in [0.29, 0.717) is 0 Å². The molecule has 0 amide bonds. The molecule has 23 heavy (non-hydrogen) atoms. The largest absolute Gasteiger partial charge is 0.388 e. The number of rotatable bonds is 4. The average molecular weight is 340 g/mol. The molecule has 11 heteroatoms. The van der Waals surface area contributed by atoms with Crippen molar-refractivity contribution in [3.05, 3.63) is 0 Å². The maximum absolute atomic E-state index is 10.0. The number of nitrogens with two attached hydrogens (primary N) is 2. The van der Waals surface area contributed by atoms with Crippen molar-refractivity contribution in [3.63, 3.8) is 0 Å². The zero-order valence-corrected chi connectivity index (χ0v) is 12.3. The van der Waals surface area contributed by atoms with Crippen molar-refractivity contribution in [3.8, 4) is 0 Å². The van der Waals surface area contributed by atoms with Crippen LogP contribution in [0.3, 0.4) is 0 Å². The Balaban J connectivity index is 2.11. The molecular weight excluding hydrogens is 316 g/mol. The molecule has 2 aliphatic heterocycles. The molecule has 2 saturated heterocycles. The molecule has 2 aliphatic rings. The second kappa shape index (κ2) is 7.63. The molecule has 0 aromatic rings. The fourth-order valence-corrected chi connectivity index (χ4v) is 2.66. The topological polar surface area (TPSA) is 201 Å². The highest BCUT2D eigenvalue weighted by Crippen LogP contribution is 2.28. The molecule has 0 bridgehead atoms. The highest BCUT2D eigenvalue weighted by Gasteiger charge is 2.49. The van der Waals surface area contributed by atoms with E-state index in [2.05, 4.69) is 0 Å². The predicted octanol–water partition coefficient (Wildman–Crippen LogP) is -5.46. The molecule has 0 spiro atoms. The predicted molar refractivity (Wildman–Crippen MR) is 72.6 cm³/mol. The second-order valence-corrected chi connectivity index (χ2v) is 5.63. The third-order valence-corrected chi connectivity index (χ3v) is 4.08. The summed E-state index contributed by atoms with van der Waals surface area (Å²) in [4.78, 5) is 0. The second-order valence-electron chi connectivity index (χ2n) is 5.63. The Morgan fingerprint density at radius 3 is 1.87 bits per heavy atom. The maximum Gasteiger partial charge on any atom is 0.187 e. The Labute approximate surface area is 132 Å². The zero-order valence-electron chi connectivity index (χ0n) is 12.3. The normalized spacial score (nSPS) is 51.7. The minimum absolute atomic E-state index is 0.143. The van der Waals surface area contributed by atoms with Crippen LogP contribution in [0.25, 0.3) is 0 Å². The molecule has 136 valence electrons. The fraction of sp³-hybridized carbons (Fsp3) is 1.00. The molecule has 2 fully saturated rings. The first-order valence-corrected chi connectivity index (χ1v) is 7.26. The van der Waals surface area contributed by atoms with Crippen molar-refractivity contribution in [1.29, 1.82) is 0 Å². The Bertz CT molecular complexity index is 386. The van der Waals surface area contributed by atoms with Crippen molar-refractivity contribution < 1.29 is 44.8 Å². The van der Waals surface area contributed by atoms with Gasteiger partial charge in [-0.15, -0.1) is 0 Å². The van der Waals surface area contributed by atoms with E-state index in [-0.39, 0.29) is 13.1 Å². The van der Waals surface area contributed by atoms with Gasteiger partial charge in [-0.05, 0) is 0 Å². The minimum Gasteiger partial charge on any atom is -0.388 e. The molecule has 10 atom stereocenters. The molecule has 10 N–H and O–H groups in total. The summed E-state index contributed by atoms with van der Waals surface area (Å²) in [6.45, 7) is -0.296. The number of hydrogen-bond donors (Lipinski definition) is 8. The maximum atomic E-state index is 10.0. The van der Waals surface area contributed by atoms with Gasteiger partial charge in [-0.3, -0.25) is 0 Å². The van der Waals surface area contributed by atoms with Gasteiger partial charge in [0, 0.05) is 13.1 Å². The van der Waals surface area contributed by atoms with E-state index in [1.807, 2.05) is 0 Å². The molecule has 2 rings (SSSR count). The first kappa shape index (κ1) is 18.9. The molecule has 0 radical (unpaired) electrons. The Morgan fingerprint density at radius 2 is 1.30 bits per heavy atom. The van der Waals surface area contributed by atoms with Crippen LogP contribution in [-0.4, -0.2) is 105 Å². The van der Waals surface area contributed by atoms with Crippen LogP contribution in [0.5, 0.6) is 0 Å². The van der Waals surface area contributed by atoms with Crippen LogP contribution in [0.4, 0.5) is 0 Å². The van der Waals surface area contributed by atoms with Crippen LogP contribution >= 0.6 is 0 Å². The van der Waals surface area contributed by atoms with Gasteiger partial charge < -0.3 is 56.3 Å². The zero-order chi connectivity index (χ0) is 17.3. The van der Waals surface area contributed by atoms with Gasteiger partial charge in [-0.2, -0.15) is 0 Å². The molecular formula is C12H24N2O9. The third-order valence-electron chi connectivity index (χ3n) is 4.08. The van der Waals surface area contributed by atoms with Gasteiger partial charge in [0.25, 0.3) is 0 Å². The van der Waals surface area contributed by atoms with Gasteiger partial charge in [0.2, 0.25) is 0 Å². The van der Waals surface area contributed by atoms with Crippen LogP contribution in [0.15, 0.2) is 0 Å². The van der Waals surface area contributed by atoms with E-state index in [1.54, 1.807) is 0 Å². The van der Waals surface area contributed by atoms with Crippen LogP contribution in [-0.2, 0) is 14.2 Å². The van der Waals surface area contributed by atoms with E-state index >= 15 is 0 Å². The lowest BCUT2D eigenvalue weighted by Crippen LogP contribution is -2.65. The van der Waals surface area contributed by atoms with Gasteiger partial charge in [-0.25, -0.2) is 0 Å². The van der Waals surface area contributed by atoms with Crippen LogP contribution in [0.2, 0.25) is 0 Å². The van der Waals surface area contributed by atoms with Crippen molar-refractivity contribution in [2.75, 3.05) is 13.1 Å². The molecule has 0 aromatic heterocycles. The highest BCUT2D eigenvalue weighted by atomic mass is 16.7. The van der Waals surface area contributed by atoms with Crippen LogP contribution in [0, 0.1) is 0 Å². The number of ether oxygens (including phenoxy) is 3. The number of hydrogen-bond acceptors (Lipinski definition) is 11. The van der Waals surface area contributed by atoms with Gasteiger partial charge >= 0.3 is 0 Å². The fourth-order valence-electron chi connectivity index (χ4n) is 2.66. The summed E-state index contributed by atoms with van der Waals surface area (Å²) in [6, 6.07) is 0. The quantitative estimate of drug-likeness (QED) is 0.242. The lowest BCUT2D eigenvalue weighted by Gasteiger charge is -2.45. The Kier molecular flexibility index (Phi) is 6.27. The van der Waals surface area contributed by atoms with E-state index in [1.165, 1.54) is 0 Å². The van der Waals surface area contributed by atoms with E-state index in [9.17, 15) is 30.6 Å². The standard InChI is InChI=1S/C12H24N2O9/c13-1-3-5(15)6(16)9(19)12(22-3)23-10-4(2-14)21-11(20)8(18)7(10)17/h3-12,15-20H,1-2,13-14H2/t3?,4?,5-,6-,7+,8?,9?,10+,11?,12-/m0/s1. The summed E-state index contributed by atoms with van der Waals surface area (Å²) in [5.41, 5.74) is 10.9. The highest BCUT2D eigenvalue weighted by molar-refractivity contribution is 4.94. The van der Waals surface area contributed by atoms with Crippen LogP contribution in [0.1, 0.15) is 0 Å². The average Bonchev–Trinajstić information content (AvgIpc) is 2.55. The first-order chi connectivity index (χ1) is 10.8. The lowest BCUT2D eigenvalue weighted by atomic mass is 9.96. The summed E-state index contributed by atoms with van der Waals surface area (Å²) in [5, 5.41) is 58.6. The Morgan fingerprint density at radius 1 is 0.696 bits per heavy atom. The van der Waals surface area contributed by atoms with Crippen molar-refractivity contribution in [2.24, 2.45) is 11.5 Å². The van der Waals surface area contributed by atoms with Crippen molar-refractivity contribution in [2.45, 2.75) is 61.4 Å². The smallest absolute Gasteiger partial charge is 0.187 e. The van der Waals surface area contributed by atoms with Gasteiger partial charge in [-0.1, -0.05) is 0 Å². The first-order valence-electron chi connectivity index (χ1n) is 7.26. The molecule has 5 unspecified atom stereocenters. The van der Waals surface area contributed by atoms with Gasteiger partial charge in [0.1, 0.15) is 48.8 Å². The molecule has 2 heterocycles. The van der Waals surface area contributed by atoms with E-state index in [4.69, 9.17) is 25.7 Å². The van der Waals surface area contributed by atoms with Gasteiger partial charge in [0.15, 0.2) is 12.6 Å². The third kappa shape index (κ3) is 3.65. The van der Waals surface area contributed by atoms with Crippen LogP contribution < -0.4 is 11.5 Å². The van der Waals surface area contributed by atoms with Crippen molar-refractivity contribution in [1.82, 2.24) is 0 Å². The molecule has 0 aliphatic carbocycles. The molecule has 11 nitrogen and oxygen atoms in total. The molecule has 0 saturated carbocycles. The summed E-state index contributed by atoms with van der Waals surface area (Å²) in [7, 11) is 0. The number of aliphatic hydroxyl groups is 6. The lowest BCUT2D eigenvalue weighted by molar-refractivity contribution is -0.349. The summed E-state index contributed by atoms with van der Waals surface area (Å²) < 4.78 is 15.7.